The van der Waals surface area contributed by atoms with Gasteiger partial charge in [-0.15, -0.1) is 0 Å². The van der Waals surface area contributed by atoms with Crippen molar-refractivity contribution < 1.29 is 9.53 Å². The lowest BCUT2D eigenvalue weighted by Crippen LogP contribution is -2.04. The number of carbonyl (C=O) groups excluding carboxylic acids is 1. The Balaban J connectivity index is 2.20. The predicted octanol–water partition coefficient (Wildman–Crippen LogP) is 3.01. The van der Waals surface area contributed by atoms with Gasteiger partial charge in [-0.3, -0.25) is 0 Å². The summed E-state index contributed by atoms with van der Waals surface area (Å²) < 4.78 is 5.11. The third-order valence-electron chi connectivity index (χ3n) is 2.31. The number of aliphatic imine (C=N–C) groups is 1. The second-order valence-corrected chi connectivity index (χ2v) is 3.64. The fourth-order valence-electron chi connectivity index (χ4n) is 1.45. The van der Waals surface area contributed by atoms with Crippen LogP contribution >= 0.6 is 0 Å². The van der Waals surface area contributed by atoms with E-state index in [-0.39, 0.29) is 0 Å². The van der Waals surface area contributed by atoms with E-state index >= 15 is 0 Å². The molecule has 0 unspecified atom stereocenters. The summed E-state index contributed by atoms with van der Waals surface area (Å²) in [6.07, 6.45) is 9.00. The minimum atomic E-state index is -0.418. The minimum Gasteiger partial charge on any atom is -0.402 e. The third-order valence-corrected chi connectivity index (χ3v) is 2.31. The van der Waals surface area contributed by atoms with Crippen LogP contribution in [0.1, 0.15) is 12.5 Å². The van der Waals surface area contributed by atoms with Gasteiger partial charge in [0.25, 0.3) is 0 Å². The molecule has 1 heterocycles. The van der Waals surface area contributed by atoms with Gasteiger partial charge in [0.05, 0.1) is 0 Å². The molecule has 2 rings (SSSR count). The van der Waals surface area contributed by atoms with Crippen LogP contribution in [0.2, 0.25) is 0 Å². The van der Waals surface area contributed by atoms with E-state index in [0.717, 1.165) is 5.56 Å². The first-order valence-electron chi connectivity index (χ1n) is 5.67. The third kappa shape index (κ3) is 2.83. The summed E-state index contributed by atoms with van der Waals surface area (Å²) in [4.78, 5) is 15.7. The van der Waals surface area contributed by atoms with Crippen LogP contribution in [0.3, 0.4) is 0 Å². The number of benzene rings is 1. The highest BCUT2D eigenvalue weighted by Crippen LogP contribution is 2.15. The Morgan fingerprint density at radius 3 is 2.61 bits per heavy atom. The van der Waals surface area contributed by atoms with E-state index in [1.807, 2.05) is 55.5 Å². The molecule has 1 aromatic rings. The van der Waals surface area contributed by atoms with Gasteiger partial charge in [-0.2, -0.15) is 0 Å². The number of rotatable bonds is 3. The van der Waals surface area contributed by atoms with Crippen molar-refractivity contribution in [2.24, 2.45) is 4.99 Å². The van der Waals surface area contributed by atoms with Gasteiger partial charge >= 0.3 is 5.97 Å². The highest BCUT2D eigenvalue weighted by atomic mass is 16.6. The zero-order chi connectivity index (χ0) is 12.8. The molecule has 18 heavy (non-hydrogen) atoms. The lowest BCUT2D eigenvalue weighted by molar-refractivity contribution is -0.130. The molecule has 0 radical (unpaired) electrons. The van der Waals surface area contributed by atoms with Gasteiger partial charge in [0.1, 0.15) is 0 Å². The summed E-state index contributed by atoms with van der Waals surface area (Å²) >= 11 is 0. The van der Waals surface area contributed by atoms with Crippen LogP contribution in [0, 0.1) is 0 Å². The molecule has 1 aliphatic rings. The molecule has 0 atom stereocenters. The molecule has 0 spiro atoms. The lowest BCUT2D eigenvalue weighted by atomic mass is 10.2. The number of ether oxygens (including phenoxy) is 1. The molecule has 0 N–H and O–H groups in total. The van der Waals surface area contributed by atoms with Gasteiger partial charge in [0, 0.05) is 5.56 Å². The Morgan fingerprint density at radius 2 is 1.89 bits per heavy atom. The Morgan fingerprint density at radius 1 is 1.11 bits per heavy atom. The van der Waals surface area contributed by atoms with Gasteiger partial charge in [0.15, 0.2) is 5.70 Å². The molecule has 0 saturated carbocycles. The number of cyclic esters (lactones) is 1. The maximum atomic E-state index is 11.6. The standard InChI is InChI=1S/C15H13NO2/c1-2-3-4-8-11-13-15(17)18-14(16-13)12-9-6-5-7-10-12/h2-11H,1H3/b3-2+,8-4+,13-11+. The normalized spacial score (nSPS) is 17.7. The van der Waals surface area contributed by atoms with Crippen LogP contribution in [-0.2, 0) is 9.53 Å². The molecule has 0 bridgehead atoms. The number of allylic oxidation sites excluding steroid dienone is 5. The van der Waals surface area contributed by atoms with Crippen LogP contribution in [0.4, 0.5) is 0 Å². The quantitative estimate of drug-likeness (QED) is 0.462. The largest absolute Gasteiger partial charge is 0.402 e. The summed E-state index contributed by atoms with van der Waals surface area (Å²) in [5.41, 5.74) is 1.11. The molecule has 0 aliphatic carbocycles. The van der Waals surface area contributed by atoms with Crippen molar-refractivity contribution in [1.29, 1.82) is 0 Å². The van der Waals surface area contributed by atoms with E-state index in [2.05, 4.69) is 4.99 Å². The Hall–Kier alpha value is -2.42. The monoisotopic (exact) mass is 239 g/mol. The zero-order valence-electron chi connectivity index (χ0n) is 10.0. The van der Waals surface area contributed by atoms with Crippen LogP contribution in [0.15, 0.2) is 71.4 Å². The molecule has 0 saturated heterocycles. The predicted molar refractivity (Wildman–Crippen MR) is 71.1 cm³/mol. The minimum absolute atomic E-state index is 0.314. The number of carbonyl (C=O) groups is 1. The van der Waals surface area contributed by atoms with E-state index < -0.39 is 5.97 Å². The van der Waals surface area contributed by atoms with E-state index in [1.54, 1.807) is 12.2 Å². The van der Waals surface area contributed by atoms with Crippen molar-refractivity contribution in [3.8, 4) is 0 Å². The molecular formula is C15H13NO2. The lowest BCUT2D eigenvalue weighted by Gasteiger charge is -1.97. The summed E-state index contributed by atoms with van der Waals surface area (Å²) in [5, 5.41) is 0. The average molecular weight is 239 g/mol. The smallest absolute Gasteiger partial charge is 0.363 e. The van der Waals surface area contributed by atoms with Crippen molar-refractivity contribution in [1.82, 2.24) is 0 Å². The van der Waals surface area contributed by atoms with Gasteiger partial charge < -0.3 is 4.74 Å². The van der Waals surface area contributed by atoms with Crippen LogP contribution in [0.25, 0.3) is 0 Å². The second-order valence-electron chi connectivity index (χ2n) is 3.64. The topological polar surface area (TPSA) is 38.7 Å². The molecule has 0 fully saturated rings. The van der Waals surface area contributed by atoms with E-state index in [1.165, 1.54) is 0 Å². The van der Waals surface area contributed by atoms with Crippen molar-refractivity contribution in [2.45, 2.75) is 6.92 Å². The fourth-order valence-corrected chi connectivity index (χ4v) is 1.45. The van der Waals surface area contributed by atoms with Crippen LogP contribution in [0.5, 0.6) is 0 Å². The first-order valence-corrected chi connectivity index (χ1v) is 5.67. The molecular weight excluding hydrogens is 226 g/mol. The molecule has 0 aromatic heterocycles. The molecule has 3 heteroatoms. The second kappa shape index (κ2) is 5.77. The molecule has 1 aliphatic heterocycles. The highest BCUT2D eigenvalue weighted by molar-refractivity contribution is 6.11. The zero-order valence-corrected chi connectivity index (χ0v) is 10.0. The number of nitrogens with zero attached hydrogens (tertiary/aromatic N) is 1. The van der Waals surface area contributed by atoms with E-state index in [9.17, 15) is 4.79 Å². The number of esters is 1. The van der Waals surface area contributed by atoms with Gasteiger partial charge in [0.2, 0.25) is 5.90 Å². The Kier molecular flexibility index (Phi) is 3.86. The Bertz CT molecular complexity index is 551. The molecule has 90 valence electrons. The number of hydrogen-bond acceptors (Lipinski definition) is 3. The van der Waals surface area contributed by atoms with Crippen molar-refractivity contribution >= 4 is 11.9 Å². The summed E-state index contributed by atoms with van der Waals surface area (Å²) in [5.74, 6) is -0.0646. The molecule has 1 aromatic carbocycles. The summed E-state index contributed by atoms with van der Waals surface area (Å²) in [6.45, 7) is 1.92. The number of hydrogen-bond donors (Lipinski definition) is 0. The first kappa shape index (κ1) is 12.0. The van der Waals surface area contributed by atoms with Crippen LogP contribution in [-0.4, -0.2) is 11.9 Å². The van der Waals surface area contributed by atoms with Crippen molar-refractivity contribution in [2.75, 3.05) is 0 Å². The summed E-state index contributed by atoms with van der Waals surface area (Å²) in [6, 6.07) is 9.35. The highest BCUT2D eigenvalue weighted by Gasteiger charge is 2.23. The average Bonchev–Trinajstić information content (AvgIpc) is 2.77. The van der Waals surface area contributed by atoms with Crippen molar-refractivity contribution in [3.63, 3.8) is 0 Å². The van der Waals surface area contributed by atoms with Gasteiger partial charge in [-0.05, 0) is 25.1 Å². The van der Waals surface area contributed by atoms with Gasteiger partial charge in [-0.1, -0.05) is 42.5 Å². The van der Waals surface area contributed by atoms with Crippen molar-refractivity contribution in [3.05, 3.63) is 72.0 Å². The Labute approximate surface area is 106 Å². The molecule has 3 nitrogen and oxygen atoms in total. The first-order chi connectivity index (χ1) is 8.81. The van der Waals surface area contributed by atoms with E-state index in [0.29, 0.717) is 11.6 Å². The van der Waals surface area contributed by atoms with Gasteiger partial charge in [-0.25, -0.2) is 9.79 Å². The van der Waals surface area contributed by atoms with E-state index in [4.69, 9.17) is 4.74 Å². The fraction of sp³-hybridized carbons (Fsp3) is 0.0667. The molecule has 0 amide bonds. The SMILES string of the molecule is C/C=C/C=C/C=C1/N=C(c2ccccc2)OC1=O. The van der Waals surface area contributed by atoms with Crippen LogP contribution < -0.4 is 0 Å². The maximum absolute atomic E-state index is 11.6. The maximum Gasteiger partial charge on any atom is 0.363 e. The summed E-state index contributed by atoms with van der Waals surface area (Å²) in [7, 11) is 0.